The van der Waals surface area contributed by atoms with Crippen molar-refractivity contribution in [3.05, 3.63) is 0 Å². The van der Waals surface area contributed by atoms with Gasteiger partial charge in [0.05, 0.1) is 54.3 Å². The predicted octanol–water partition coefficient (Wildman–Crippen LogP) is 8.09. The van der Waals surface area contributed by atoms with Gasteiger partial charge in [0.2, 0.25) is 0 Å². The van der Waals surface area contributed by atoms with Crippen LogP contribution < -0.4 is 0 Å². The molecule has 336 valence electrons. The van der Waals surface area contributed by atoms with Gasteiger partial charge < -0.3 is 28.4 Å². The van der Waals surface area contributed by atoms with E-state index in [1.54, 1.807) is 0 Å². The van der Waals surface area contributed by atoms with Crippen LogP contribution in [-0.4, -0.2) is 73.9 Å². The molecule has 6 aliphatic carbocycles. The van der Waals surface area contributed by atoms with Gasteiger partial charge in [0.15, 0.2) is 0 Å². The minimum absolute atomic E-state index is 0.0105. The van der Waals surface area contributed by atoms with Gasteiger partial charge in [-0.2, -0.15) is 0 Å². The molecule has 12 heteroatoms. The number of rotatable bonds is 9. The van der Waals surface area contributed by atoms with E-state index in [0.29, 0.717) is 68.2 Å². The molecule has 0 N–H and O–H groups in total. The summed E-state index contributed by atoms with van der Waals surface area (Å²) in [6.07, 6.45) is 13.1. The van der Waals surface area contributed by atoms with E-state index in [1.165, 1.54) is 0 Å². The summed E-state index contributed by atoms with van der Waals surface area (Å²) in [7, 11) is 0. The SMILES string of the molecule is CCC(C)(C)C(=O)OC1CC2CC1C1(COC(=O)C1)C2.CCC(C)(C)C(=O)OC1CC2CC1CC21CCOC1=O.CCC(C)(C)C(=O)OC1CC2CC1CC21COC(=O)C1. The normalized spacial score (nSPS) is 39.4. The van der Waals surface area contributed by atoms with Gasteiger partial charge in [0, 0.05) is 16.7 Å². The van der Waals surface area contributed by atoms with Crippen LogP contribution in [0.1, 0.15) is 159 Å². The van der Waals surface area contributed by atoms with Crippen molar-refractivity contribution in [2.45, 2.75) is 177 Å². The Balaban J connectivity index is 0.000000136. The maximum absolute atomic E-state index is 12.3. The van der Waals surface area contributed by atoms with Crippen LogP contribution in [0.25, 0.3) is 0 Å². The van der Waals surface area contributed by atoms with Gasteiger partial charge >= 0.3 is 35.8 Å². The minimum atomic E-state index is -0.420. The molecule has 12 atom stereocenters. The molecule has 9 rings (SSSR count). The molecule has 0 aromatic rings. The van der Waals surface area contributed by atoms with Gasteiger partial charge in [-0.25, -0.2) is 0 Å². The third-order valence-corrected chi connectivity index (χ3v) is 17.6. The second kappa shape index (κ2) is 16.2. The highest BCUT2D eigenvalue weighted by molar-refractivity contribution is 5.80. The highest BCUT2D eigenvalue weighted by atomic mass is 16.6. The first kappa shape index (κ1) is 44.9. The first-order valence-electron chi connectivity index (χ1n) is 23.2. The molecule has 0 aromatic carbocycles. The number of fused-ring (bicyclic) bond motifs is 9. The fourth-order valence-electron chi connectivity index (χ4n) is 12.4. The summed E-state index contributed by atoms with van der Waals surface area (Å²) in [6.45, 7) is 19.3. The number of ether oxygens (including phenoxy) is 6. The zero-order valence-corrected chi connectivity index (χ0v) is 37.8. The zero-order chi connectivity index (χ0) is 43.6. The Bertz CT molecular complexity index is 1720. The fraction of sp³-hybridized carbons (Fsp3) is 0.875. The summed E-state index contributed by atoms with van der Waals surface area (Å²) in [5.74, 6) is 2.09. The number of carbonyl (C=O) groups excluding carboxylic acids is 6. The van der Waals surface area contributed by atoms with Crippen LogP contribution in [0.3, 0.4) is 0 Å². The van der Waals surface area contributed by atoms with Gasteiger partial charge in [-0.15, -0.1) is 0 Å². The second-order valence-corrected chi connectivity index (χ2v) is 22.4. The van der Waals surface area contributed by atoms with Crippen LogP contribution in [0, 0.1) is 68.0 Å². The Kier molecular flexibility index (Phi) is 12.1. The molecule has 0 amide bonds. The first-order chi connectivity index (χ1) is 28.1. The van der Waals surface area contributed by atoms with Crippen LogP contribution in [0.15, 0.2) is 0 Å². The molecule has 6 bridgehead atoms. The summed E-state index contributed by atoms with van der Waals surface area (Å²) in [5, 5.41) is 0. The maximum Gasteiger partial charge on any atom is 0.312 e. The fourth-order valence-corrected chi connectivity index (χ4v) is 12.4. The number of esters is 6. The highest BCUT2D eigenvalue weighted by Gasteiger charge is 2.64. The molecule has 0 aromatic heterocycles. The van der Waals surface area contributed by atoms with Gasteiger partial charge in [-0.1, -0.05) is 20.8 Å². The highest BCUT2D eigenvalue weighted by Crippen LogP contribution is 2.63. The van der Waals surface area contributed by atoms with E-state index in [-0.39, 0.29) is 70.4 Å². The molecule has 6 saturated carbocycles. The Morgan fingerprint density at radius 3 is 1.47 bits per heavy atom. The molecule has 60 heavy (non-hydrogen) atoms. The maximum atomic E-state index is 12.3. The molecule has 12 unspecified atom stereocenters. The molecule has 3 aliphatic heterocycles. The van der Waals surface area contributed by atoms with Gasteiger partial charge in [-0.05, 0) is 155 Å². The van der Waals surface area contributed by atoms with Crippen molar-refractivity contribution in [1.82, 2.24) is 0 Å². The van der Waals surface area contributed by atoms with E-state index in [4.69, 9.17) is 28.4 Å². The third kappa shape index (κ3) is 8.12. The van der Waals surface area contributed by atoms with E-state index < -0.39 is 16.2 Å². The van der Waals surface area contributed by atoms with Crippen LogP contribution in [0.2, 0.25) is 0 Å². The topological polar surface area (TPSA) is 158 Å². The van der Waals surface area contributed by atoms with Crippen LogP contribution in [0.4, 0.5) is 0 Å². The van der Waals surface area contributed by atoms with E-state index in [2.05, 4.69) is 0 Å². The monoisotopic (exact) mass is 841 g/mol. The lowest BCUT2D eigenvalue weighted by atomic mass is 9.71. The standard InChI is InChI=1S/3C16H24O4/c1-4-15(2,3)14(18)20-12-6-11-5-10(12)7-16(11)8-13(17)19-9-16;1-4-15(2,3)14(18)20-12-6-10-5-11(12)16(7-10)8-13(17)19-9-16;1-4-15(2,3)13(17)20-12-8-11-7-10(12)9-16(11)5-6-19-14(16)18/h3*10-12H,4-9H2,1-3H3. The average Bonchev–Trinajstić information content (AvgIpc) is 4.08. The van der Waals surface area contributed by atoms with Gasteiger partial charge in [-0.3, -0.25) is 28.8 Å². The third-order valence-electron chi connectivity index (χ3n) is 17.6. The molecule has 3 spiro atoms. The summed E-state index contributed by atoms with van der Waals surface area (Å²) < 4.78 is 32.9. The molecular formula is C48H72O12. The average molecular weight is 841 g/mol. The van der Waals surface area contributed by atoms with Crippen molar-refractivity contribution in [3.63, 3.8) is 0 Å². The number of cyclic esters (lactones) is 3. The van der Waals surface area contributed by atoms with Crippen molar-refractivity contribution >= 4 is 35.8 Å². The summed E-state index contributed by atoms with van der Waals surface area (Å²) in [5.41, 5.74) is -1.45. The second-order valence-electron chi connectivity index (χ2n) is 22.4. The minimum Gasteiger partial charge on any atom is -0.465 e. The number of hydrogen-bond acceptors (Lipinski definition) is 12. The Morgan fingerprint density at radius 2 is 1.07 bits per heavy atom. The Hall–Kier alpha value is -3.18. The first-order valence-corrected chi connectivity index (χ1v) is 23.2. The molecule has 9 fully saturated rings. The van der Waals surface area contributed by atoms with Crippen molar-refractivity contribution < 1.29 is 57.2 Å². The van der Waals surface area contributed by atoms with E-state index in [9.17, 15) is 28.8 Å². The summed E-state index contributed by atoms with van der Waals surface area (Å²) in [4.78, 5) is 71.5. The van der Waals surface area contributed by atoms with Crippen LogP contribution in [-0.2, 0) is 57.2 Å². The number of hydrogen-bond donors (Lipinski definition) is 0. The zero-order valence-electron chi connectivity index (χ0n) is 37.8. The smallest absolute Gasteiger partial charge is 0.312 e. The number of carbonyl (C=O) groups is 6. The lowest BCUT2D eigenvalue weighted by molar-refractivity contribution is -0.166. The quantitative estimate of drug-likeness (QED) is 0.163. The van der Waals surface area contributed by atoms with Crippen LogP contribution in [0.5, 0.6) is 0 Å². The lowest BCUT2D eigenvalue weighted by Crippen LogP contribution is -2.41. The van der Waals surface area contributed by atoms with E-state index in [1.807, 2.05) is 62.3 Å². The van der Waals surface area contributed by atoms with Crippen molar-refractivity contribution in [3.8, 4) is 0 Å². The molecule has 0 radical (unpaired) electrons. The van der Waals surface area contributed by atoms with Crippen LogP contribution >= 0.6 is 0 Å². The Morgan fingerprint density at radius 1 is 0.583 bits per heavy atom. The predicted molar refractivity (Wildman–Crippen MR) is 218 cm³/mol. The summed E-state index contributed by atoms with van der Waals surface area (Å²) in [6, 6.07) is 0. The molecule has 3 heterocycles. The van der Waals surface area contributed by atoms with Crippen molar-refractivity contribution in [2.24, 2.45) is 68.0 Å². The summed E-state index contributed by atoms with van der Waals surface area (Å²) >= 11 is 0. The van der Waals surface area contributed by atoms with Crippen molar-refractivity contribution in [1.29, 1.82) is 0 Å². The van der Waals surface area contributed by atoms with Gasteiger partial charge in [0.1, 0.15) is 18.3 Å². The Labute approximate surface area is 357 Å². The van der Waals surface area contributed by atoms with E-state index >= 15 is 0 Å². The molecular weight excluding hydrogens is 769 g/mol. The van der Waals surface area contributed by atoms with Gasteiger partial charge in [0.25, 0.3) is 0 Å². The lowest BCUT2D eigenvalue weighted by Gasteiger charge is -2.37. The molecule has 12 nitrogen and oxygen atoms in total. The molecule has 9 aliphatic rings. The van der Waals surface area contributed by atoms with Crippen molar-refractivity contribution in [2.75, 3.05) is 19.8 Å². The largest absolute Gasteiger partial charge is 0.465 e. The van der Waals surface area contributed by atoms with E-state index in [0.717, 1.165) is 83.5 Å². The molecule has 3 saturated heterocycles.